The molecule has 0 spiro atoms. The van der Waals surface area contributed by atoms with Crippen LogP contribution in [0, 0.1) is 17.0 Å². The standard InChI is InChI=1S/C29H32F2N6O4/c1-35(2)15-4-16-36(3)28(40)34-25-18-22(11-14-33-25)41-21-9-10-24(23(31)17-21)37(20-7-5-19(30)6-8-20)27(39)29(12-13-29)26(32)38/h5-11,14,17-18H,4,12-13,15-16H2,1-3H3,(H2,32,38)(H,33,34,40). The first-order valence-corrected chi connectivity index (χ1v) is 13.0. The van der Waals surface area contributed by atoms with Crippen molar-refractivity contribution >= 4 is 35.0 Å². The van der Waals surface area contributed by atoms with E-state index in [-0.39, 0.29) is 47.6 Å². The summed E-state index contributed by atoms with van der Waals surface area (Å²) in [5.41, 5.74) is 4.09. The second kappa shape index (κ2) is 12.3. The number of amides is 4. The Kier molecular flexibility index (Phi) is 8.82. The first-order chi connectivity index (χ1) is 19.5. The topological polar surface area (TPSA) is 121 Å². The molecular weight excluding hydrogens is 534 g/mol. The van der Waals surface area contributed by atoms with Gasteiger partial charge in [-0.1, -0.05) is 0 Å². The minimum absolute atomic E-state index is 0.109. The molecule has 1 aromatic heterocycles. The molecule has 1 fully saturated rings. The van der Waals surface area contributed by atoms with Crippen molar-refractivity contribution in [1.82, 2.24) is 14.8 Å². The summed E-state index contributed by atoms with van der Waals surface area (Å²) in [5, 5.41) is 2.70. The lowest BCUT2D eigenvalue weighted by molar-refractivity contribution is -0.133. The minimum Gasteiger partial charge on any atom is -0.457 e. The average Bonchev–Trinajstić information content (AvgIpc) is 3.73. The summed E-state index contributed by atoms with van der Waals surface area (Å²) in [5.74, 6) is -2.19. The van der Waals surface area contributed by atoms with Gasteiger partial charge in [-0.15, -0.1) is 0 Å². The Morgan fingerprint density at radius 2 is 1.66 bits per heavy atom. The molecule has 4 amide bonds. The van der Waals surface area contributed by atoms with Gasteiger partial charge in [0.25, 0.3) is 0 Å². The zero-order valence-corrected chi connectivity index (χ0v) is 23.1. The lowest BCUT2D eigenvalue weighted by Gasteiger charge is -2.27. The van der Waals surface area contributed by atoms with Crippen LogP contribution in [0.1, 0.15) is 19.3 Å². The average molecular weight is 567 g/mol. The number of benzene rings is 2. The second-order valence-electron chi connectivity index (χ2n) is 10.2. The van der Waals surface area contributed by atoms with Crippen LogP contribution in [-0.4, -0.2) is 66.9 Å². The molecule has 0 aliphatic heterocycles. The van der Waals surface area contributed by atoms with E-state index in [2.05, 4.69) is 10.3 Å². The molecule has 0 radical (unpaired) electrons. The van der Waals surface area contributed by atoms with E-state index < -0.39 is 28.9 Å². The molecule has 12 heteroatoms. The molecule has 4 rings (SSSR count). The van der Waals surface area contributed by atoms with Crippen molar-refractivity contribution in [3.63, 3.8) is 0 Å². The summed E-state index contributed by atoms with van der Waals surface area (Å²) in [7, 11) is 5.61. The predicted molar refractivity (Wildman–Crippen MR) is 150 cm³/mol. The molecule has 1 aliphatic carbocycles. The molecule has 3 N–H and O–H groups in total. The highest BCUT2D eigenvalue weighted by molar-refractivity contribution is 6.16. The third-order valence-corrected chi connectivity index (χ3v) is 6.73. The van der Waals surface area contributed by atoms with Gasteiger partial charge < -0.3 is 20.3 Å². The minimum atomic E-state index is -1.44. The molecule has 0 saturated heterocycles. The SMILES string of the molecule is CN(C)CCCN(C)C(=O)Nc1cc(Oc2ccc(N(C(=O)C3(C(N)=O)CC3)c3ccc(F)cc3)c(F)c2)ccn1. The van der Waals surface area contributed by atoms with Crippen molar-refractivity contribution in [3.8, 4) is 11.5 Å². The molecule has 1 aliphatic rings. The maximum absolute atomic E-state index is 15.5. The number of nitrogens with one attached hydrogen (secondary N) is 1. The number of carbonyl (C=O) groups is 3. The third-order valence-electron chi connectivity index (χ3n) is 6.73. The lowest BCUT2D eigenvalue weighted by atomic mass is 10.0. The van der Waals surface area contributed by atoms with Gasteiger partial charge in [0.2, 0.25) is 11.8 Å². The van der Waals surface area contributed by atoms with Crippen LogP contribution in [0.15, 0.2) is 60.8 Å². The number of hydrogen-bond donors (Lipinski definition) is 2. The largest absolute Gasteiger partial charge is 0.457 e. The van der Waals surface area contributed by atoms with Crippen LogP contribution < -0.4 is 20.7 Å². The smallest absolute Gasteiger partial charge is 0.322 e. The third kappa shape index (κ3) is 6.95. The van der Waals surface area contributed by atoms with Crippen molar-refractivity contribution in [2.75, 3.05) is 44.4 Å². The first-order valence-electron chi connectivity index (χ1n) is 13.0. The molecule has 1 heterocycles. The number of pyridine rings is 1. The molecule has 1 saturated carbocycles. The van der Waals surface area contributed by atoms with Gasteiger partial charge in [0.05, 0.1) is 5.69 Å². The number of nitrogens with zero attached hydrogens (tertiary/aromatic N) is 4. The number of carbonyl (C=O) groups excluding carboxylic acids is 3. The number of rotatable bonds is 11. The van der Waals surface area contributed by atoms with Gasteiger partial charge in [0.15, 0.2) is 5.82 Å². The fraction of sp³-hybridized carbons (Fsp3) is 0.310. The van der Waals surface area contributed by atoms with Crippen LogP contribution >= 0.6 is 0 Å². The number of hydrogen-bond acceptors (Lipinski definition) is 6. The van der Waals surface area contributed by atoms with Gasteiger partial charge in [0.1, 0.15) is 28.5 Å². The van der Waals surface area contributed by atoms with Crippen molar-refractivity contribution in [1.29, 1.82) is 0 Å². The number of anilines is 3. The van der Waals surface area contributed by atoms with Gasteiger partial charge in [-0.3, -0.25) is 19.8 Å². The number of primary amides is 1. The molecule has 0 unspecified atom stereocenters. The van der Waals surface area contributed by atoms with E-state index in [1.54, 1.807) is 18.0 Å². The maximum atomic E-state index is 15.5. The normalized spacial score (nSPS) is 13.4. The molecule has 2 aromatic carbocycles. The summed E-state index contributed by atoms with van der Waals surface area (Å²) in [4.78, 5) is 46.7. The van der Waals surface area contributed by atoms with Crippen LogP contribution in [0.2, 0.25) is 0 Å². The van der Waals surface area contributed by atoms with Crippen LogP contribution in [0.3, 0.4) is 0 Å². The van der Waals surface area contributed by atoms with E-state index in [0.717, 1.165) is 36.1 Å². The Bertz CT molecular complexity index is 1430. The van der Waals surface area contributed by atoms with Gasteiger partial charge in [-0.05, 0) is 82.4 Å². The number of ether oxygens (including phenoxy) is 1. The Morgan fingerprint density at radius 3 is 2.27 bits per heavy atom. The zero-order chi connectivity index (χ0) is 29.7. The van der Waals surface area contributed by atoms with E-state index in [9.17, 15) is 18.8 Å². The quantitative estimate of drug-likeness (QED) is 0.330. The monoisotopic (exact) mass is 566 g/mol. The van der Waals surface area contributed by atoms with E-state index >= 15 is 4.39 Å². The lowest BCUT2D eigenvalue weighted by Crippen LogP contribution is -2.41. The summed E-state index contributed by atoms with van der Waals surface area (Å²) >= 11 is 0. The van der Waals surface area contributed by atoms with Crippen LogP contribution in [-0.2, 0) is 9.59 Å². The van der Waals surface area contributed by atoms with Crippen molar-refractivity contribution in [2.45, 2.75) is 19.3 Å². The number of aromatic nitrogens is 1. The van der Waals surface area contributed by atoms with E-state index in [1.165, 1.54) is 36.5 Å². The summed E-state index contributed by atoms with van der Waals surface area (Å²) < 4.78 is 34.9. The molecular formula is C29H32F2N6O4. The molecule has 3 aromatic rings. The number of nitrogens with two attached hydrogens (primary N) is 1. The zero-order valence-electron chi connectivity index (χ0n) is 23.1. The highest BCUT2D eigenvalue weighted by Gasteiger charge is 2.57. The first kappa shape index (κ1) is 29.4. The van der Waals surface area contributed by atoms with Gasteiger partial charge in [-0.25, -0.2) is 18.6 Å². The number of urea groups is 1. The molecule has 10 nitrogen and oxygen atoms in total. The summed E-state index contributed by atoms with van der Waals surface area (Å²) in [6.45, 7) is 1.40. The molecule has 41 heavy (non-hydrogen) atoms. The van der Waals surface area contributed by atoms with Crippen LogP contribution in [0.25, 0.3) is 0 Å². The van der Waals surface area contributed by atoms with E-state index in [0.29, 0.717) is 6.54 Å². The Balaban J connectivity index is 1.51. The summed E-state index contributed by atoms with van der Waals surface area (Å²) in [6.07, 6.45) is 2.74. The van der Waals surface area contributed by atoms with Gasteiger partial charge >= 0.3 is 6.03 Å². The molecule has 0 atom stereocenters. The van der Waals surface area contributed by atoms with Crippen LogP contribution in [0.5, 0.6) is 11.5 Å². The molecule has 0 bridgehead atoms. The highest BCUT2D eigenvalue weighted by Crippen LogP contribution is 2.49. The fourth-order valence-corrected chi connectivity index (χ4v) is 4.20. The van der Waals surface area contributed by atoms with Crippen LogP contribution in [0.4, 0.5) is 30.8 Å². The fourth-order valence-electron chi connectivity index (χ4n) is 4.20. The van der Waals surface area contributed by atoms with Crippen molar-refractivity contribution in [2.24, 2.45) is 11.1 Å². The van der Waals surface area contributed by atoms with E-state index in [4.69, 9.17) is 10.5 Å². The Morgan fingerprint density at radius 1 is 0.976 bits per heavy atom. The predicted octanol–water partition coefficient (Wildman–Crippen LogP) is 4.50. The Labute approximate surface area is 236 Å². The maximum Gasteiger partial charge on any atom is 0.322 e. The van der Waals surface area contributed by atoms with Gasteiger partial charge in [0, 0.05) is 37.6 Å². The Hall–Kier alpha value is -4.58. The van der Waals surface area contributed by atoms with Crippen molar-refractivity contribution < 1.29 is 27.9 Å². The van der Waals surface area contributed by atoms with E-state index in [1.807, 2.05) is 19.0 Å². The molecule has 216 valence electrons. The highest BCUT2D eigenvalue weighted by atomic mass is 19.1. The van der Waals surface area contributed by atoms with Crippen molar-refractivity contribution in [3.05, 3.63) is 72.4 Å². The second-order valence-corrected chi connectivity index (χ2v) is 10.2. The summed E-state index contributed by atoms with van der Waals surface area (Å²) in [6, 6.07) is 11.5. The number of halogens is 2. The van der Waals surface area contributed by atoms with Gasteiger partial charge in [-0.2, -0.15) is 0 Å².